The van der Waals surface area contributed by atoms with Gasteiger partial charge in [0.25, 0.3) is 0 Å². The lowest BCUT2D eigenvalue weighted by atomic mass is 10.1. The van der Waals surface area contributed by atoms with Crippen molar-refractivity contribution >= 4 is 34.7 Å². The van der Waals surface area contributed by atoms with E-state index in [9.17, 15) is 4.79 Å². The first-order valence-corrected chi connectivity index (χ1v) is 8.89. The summed E-state index contributed by atoms with van der Waals surface area (Å²) in [5.41, 5.74) is 3.24. The number of hydrogen-bond donors (Lipinski definition) is 0. The third-order valence-corrected chi connectivity index (χ3v) is 4.76. The van der Waals surface area contributed by atoms with Gasteiger partial charge in [-0.1, -0.05) is 12.1 Å². The molecule has 0 spiro atoms. The number of ether oxygens (including phenoxy) is 1. The van der Waals surface area contributed by atoms with Crippen molar-refractivity contribution in [3.63, 3.8) is 0 Å². The molecule has 24 heavy (non-hydrogen) atoms. The van der Waals surface area contributed by atoms with E-state index in [1.807, 2.05) is 28.3 Å². The van der Waals surface area contributed by atoms with Gasteiger partial charge in [0, 0.05) is 22.4 Å². The van der Waals surface area contributed by atoms with Gasteiger partial charge in [0.15, 0.2) is 0 Å². The molecule has 0 saturated heterocycles. The quantitative estimate of drug-likeness (QED) is 0.501. The van der Waals surface area contributed by atoms with Gasteiger partial charge in [-0.15, -0.1) is 11.3 Å². The Labute approximate surface area is 147 Å². The highest BCUT2D eigenvalue weighted by atomic mass is 32.1. The van der Waals surface area contributed by atoms with E-state index in [4.69, 9.17) is 10.00 Å². The van der Waals surface area contributed by atoms with Gasteiger partial charge < -0.3 is 4.74 Å². The molecule has 6 heteroatoms. The highest BCUT2D eigenvalue weighted by molar-refractivity contribution is 7.14. The number of thiazole rings is 1. The van der Waals surface area contributed by atoms with E-state index in [1.165, 1.54) is 17.4 Å². The first kappa shape index (κ1) is 16.1. The molecule has 0 N–H and O–H groups in total. The van der Waals surface area contributed by atoms with Crippen LogP contribution in [0, 0.1) is 11.3 Å². The highest BCUT2D eigenvalue weighted by Gasteiger charge is 2.06. The number of esters is 1. The molecule has 0 aliphatic rings. The Morgan fingerprint density at radius 3 is 2.79 bits per heavy atom. The summed E-state index contributed by atoms with van der Waals surface area (Å²) in [6.07, 6.45) is 3.02. The molecule has 4 nitrogen and oxygen atoms in total. The van der Waals surface area contributed by atoms with Crippen LogP contribution in [0.25, 0.3) is 16.6 Å². The second-order valence-electron chi connectivity index (χ2n) is 4.83. The van der Waals surface area contributed by atoms with Gasteiger partial charge in [-0.3, -0.25) is 0 Å². The van der Waals surface area contributed by atoms with Crippen LogP contribution in [0.2, 0.25) is 0 Å². The average Bonchev–Trinajstić information content (AvgIpc) is 3.29. The van der Waals surface area contributed by atoms with Crippen LogP contribution in [0.5, 0.6) is 0 Å². The highest BCUT2D eigenvalue weighted by Crippen LogP contribution is 2.25. The number of carbonyl (C=O) groups excluding carboxylic acids is 1. The van der Waals surface area contributed by atoms with Crippen LogP contribution in [0.1, 0.15) is 16.8 Å². The van der Waals surface area contributed by atoms with Crippen LogP contribution >= 0.6 is 22.7 Å². The SMILES string of the molecule is N#Cc1ccc(/C=C/C(=O)OCc2csc(-c3ccsc3)n2)cc1. The third-order valence-electron chi connectivity index (χ3n) is 3.13. The zero-order chi connectivity index (χ0) is 16.8. The minimum atomic E-state index is -0.426. The van der Waals surface area contributed by atoms with Crippen molar-refractivity contribution in [1.82, 2.24) is 4.98 Å². The molecule has 2 heterocycles. The fourth-order valence-corrected chi connectivity index (χ4v) is 3.43. The first-order valence-electron chi connectivity index (χ1n) is 7.06. The van der Waals surface area contributed by atoms with E-state index in [2.05, 4.69) is 4.98 Å². The summed E-state index contributed by atoms with van der Waals surface area (Å²) in [5.74, 6) is -0.426. The predicted molar refractivity (Wildman–Crippen MR) is 95.4 cm³/mol. The number of thiophene rings is 1. The molecule has 3 aromatic rings. The molecule has 0 amide bonds. The van der Waals surface area contributed by atoms with E-state index in [0.717, 1.165) is 21.8 Å². The number of nitrogens with zero attached hydrogens (tertiary/aromatic N) is 2. The monoisotopic (exact) mass is 352 g/mol. The van der Waals surface area contributed by atoms with Crippen LogP contribution in [0.3, 0.4) is 0 Å². The zero-order valence-corrected chi connectivity index (χ0v) is 14.1. The maximum Gasteiger partial charge on any atom is 0.331 e. The molecule has 0 aliphatic heterocycles. The van der Waals surface area contributed by atoms with Gasteiger partial charge in [0.05, 0.1) is 17.3 Å². The Bertz CT molecular complexity index is 888. The minimum absolute atomic E-state index is 0.150. The molecule has 0 unspecified atom stereocenters. The van der Waals surface area contributed by atoms with Crippen LogP contribution in [0.4, 0.5) is 0 Å². The fraction of sp³-hybridized carbons (Fsp3) is 0.0556. The molecule has 1 aromatic carbocycles. The maximum atomic E-state index is 11.8. The van der Waals surface area contributed by atoms with Crippen molar-refractivity contribution < 1.29 is 9.53 Å². The summed E-state index contributed by atoms with van der Waals surface area (Å²) in [6, 6.07) is 11.0. The summed E-state index contributed by atoms with van der Waals surface area (Å²) in [5, 5.41) is 15.6. The second kappa shape index (κ2) is 7.68. The molecule has 0 aliphatic carbocycles. The largest absolute Gasteiger partial charge is 0.456 e. The summed E-state index contributed by atoms with van der Waals surface area (Å²) < 4.78 is 5.19. The van der Waals surface area contributed by atoms with E-state index < -0.39 is 5.97 Å². The molecule has 0 bridgehead atoms. The lowest BCUT2D eigenvalue weighted by Gasteiger charge is -1.98. The molecular weight excluding hydrogens is 340 g/mol. The average molecular weight is 352 g/mol. The number of rotatable bonds is 5. The zero-order valence-electron chi connectivity index (χ0n) is 12.5. The lowest BCUT2D eigenvalue weighted by Crippen LogP contribution is -2.00. The van der Waals surface area contributed by atoms with Crippen LogP contribution in [-0.2, 0) is 16.1 Å². The molecule has 0 saturated carbocycles. The van der Waals surface area contributed by atoms with E-state index in [1.54, 1.807) is 41.7 Å². The van der Waals surface area contributed by atoms with Crippen molar-refractivity contribution in [2.24, 2.45) is 0 Å². The van der Waals surface area contributed by atoms with Crippen molar-refractivity contribution in [2.75, 3.05) is 0 Å². The minimum Gasteiger partial charge on any atom is -0.456 e. The van der Waals surface area contributed by atoms with Crippen molar-refractivity contribution in [3.05, 3.63) is 69.4 Å². The Balaban J connectivity index is 1.53. The smallest absolute Gasteiger partial charge is 0.331 e. The van der Waals surface area contributed by atoms with Crippen molar-refractivity contribution in [1.29, 1.82) is 5.26 Å². The lowest BCUT2D eigenvalue weighted by molar-refractivity contribution is -0.139. The van der Waals surface area contributed by atoms with E-state index >= 15 is 0 Å². The molecule has 2 aromatic heterocycles. The predicted octanol–water partition coefficient (Wildman–Crippen LogP) is 4.50. The van der Waals surface area contributed by atoms with Crippen molar-refractivity contribution in [3.8, 4) is 16.6 Å². The van der Waals surface area contributed by atoms with Gasteiger partial charge in [0.1, 0.15) is 11.6 Å². The Morgan fingerprint density at radius 2 is 2.08 bits per heavy atom. The molecule has 3 rings (SSSR count). The Kier molecular flexibility index (Phi) is 5.16. The first-order chi connectivity index (χ1) is 11.7. The normalized spacial score (nSPS) is 10.6. The maximum absolute atomic E-state index is 11.8. The number of benzene rings is 1. The van der Waals surface area contributed by atoms with E-state index in [0.29, 0.717) is 5.56 Å². The van der Waals surface area contributed by atoms with Crippen LogP contribution < -0.4 is 0 Å². The van der Waals surface area contributed by atoms with Gasteiger partial charge in [-0.25, -0.2) is 9.78 Å². The molecule has 0 radical (unpaired) electrons. The molecule has 0 fully saturated rings. The molecule has 118 valence electrons. The number of hydrogen-bond acceptors (Lipinski definition) is 6. The van der Waals surface area contributed by atoms with Gasteiger partial charge in [-0.05, 0) is 35.2 Å². The number of carbonyl (C=O) groups is 1. The fourth-order valence-electron chi connectivity index (χ4n) is 1.92. The number of nitriles is 1. The summed E-state index contributed by atoms with van der Waals surface area (Å²) in [6.45, 7) is 0.150. The Morgan fingerprint density at radius 1 is 1.25 bits per heavy atom. The summed E-state index contributed by atoms with van der Waals surface area (Å²) >= 11 is 3.16. The summed E-state index contributed by atoms with van der Waals surface area (Å²) in [4.78, 5) is 16.2. The van der Waals surface area contributed by atoms with E-state index in [-0.39, 0.29) is 6.61 Å². The van der Waals surface area contributed by atoms with Crippen LogP contribution in [-0.4, -0.2) is 11.0 Å². The van der Waals surface area contributed by atoms with Gasteiger partial charge in [-0.2, -0.15) is 16.6 Å². The number of aromatic nitrogens is 1. The third kappa shape index (κ3) is 4.16. The van der Waals surface area contributed by atoms with Crippen LogP contribution in [0.15, 0.2) is 52.5 Å². The second-order valence-corrected chi connectivity index (χ2v) is 6.47. The molecule has 0 atom stereocenters. The van der Waals surface area contributed by atoms with Gasteiger partial charge >= 0.3 is 5.97 Å². The molecular formula is C18H12N2O2S2. The van der Waals surface area contributed by atoms with Crippen molar-refractivity contribution in [2.45, 2.75) is 6.61 Å². The van der Waals surface area contributed by atoms with Gasteiger partial charge in [0.2, 0.25) is 0 Å². The Hall–Kier alpha value is -2.75. The topological polar surface area (TPSA) is 63.0 Å². The standard InChI is InChI=1S/C18H12N2O2S2/c19-9-14-3-1-13(2-4-14)5-6-17(21)22-10-16-12-24-18(20-16)15-7-8-23-11-15/h1-8,11-12H,10H2/b6-5+. The summed E-state index contributed by atoms with van der Waals surface area (Å²) in [7, 11) is 0.